The molecule has 1 aromatic carbocycles. The molecule has 1 saturated carbocycles. The molecular weight excluding hydrogens is 280 g/mol. The smallest absolute Gasteiger partial charge is 0.136 e. The molecule has 0 amide bonds. The molecule has 1 aliphatic carbocycles. The summed E-state index contributed by atoms with van der Waals surface area (Å²) >= 11 is 6.45. The highest BCUT2D eigenvalue weighted by Gasteiger charge is 2.20. The van der Waals surface area contributed by atoms with Crippen LogP contribution in [0.1, 0.15) is 60.7 Å². The molecule has 2 aromatic rings. The van der Waals surface area contributed by atoms with Crippen LogP contribution in [-0.4, -0.2) is 9.97 Å². The van der Waals surface area contributed by atoms with Crippen molar-refractivity contribution >= 4 is 11.6 Å². The van der Waals surface area contributed by atoms with Crippen molar-refractivity contribution < 1.29 is 0 Å². The monoisotopic (exact) mass is 300 g/mol. The second-order valence-electron chi connectivity index (χ2n) is 5.93. The van der Waals surface area contributed by atoms with E-state index in [1.807, 2.05) is 6.07 Å². The molecule has 21 heavy (non-hydrogen) atoms. The molecule has 0 aliphatic heterocycles. The number of benzene rings is 1. The predicted molar refractivity (Wildman–Crippen MR) is 86.9 cm³/mol. The highest BCUT2D eigenvalue weighted by atomic mass is 35.5. The molecule has 0 saturated heterocycles. The standard InChI is InChI=1S/C18H21ClN2/c1-13-16(12-14-8-4-2-5-9-14)17(19)21-18(20-13)15-10-6-3-7-11-15/h2,4-5,8-9,15H,3,6-7,10-12H2,1H3. The second kappa shape index (κ2) is 6.57. The Balaban J connectivity index is 1.85. The summed E-state index contributed by atoms with van der Waals surface area (Å²) in [6, 6.07) is 10.4. The molecule has 1 heterocycles. The fourth-order valence-electron chi connectivity index (χ4n) is 3.13. The normalized spacial score (nSPS) is 16.1. The van der Waals surface area contributed by atoms with E-state index in [0.717, 1.165) is 23.5 Å². The van der Waals surface area contributed by atoms with Gasteiger partial charge in [0.2, 0.25) is 0 Å². The van der Waals surface area contributed by atoms with Crippen LogP contribution in [0.15, 0.2) is 30.3 Å². The molecule has 0 atom stereocenters. The largest absolute Gasteiger partial charge is 0.238 e. The lowest BCUT2D eigenvalue weighted by Gasteiger charge is -2.21. The first-order valence-corrected chi connectivity index (χ1v) is 8.18. The zero-order valence-corrected chi connectivity index (χ0v) is 13.2. The summed E-state index contributed by atoms with van der Waals surface area (Å²) in [7, 11) is 0. The van der Waals surface area contributed by atoms with Crippen LogP contribution in [0.3, 0.4) is 0 Å². The summed E-state index contributed by atoms with van der Waals surface area (Å²) in [5.74, 6) is 1.45. The first-order valence-electron chi connectivity index (χ1n) is 7.81. The molecule has 110 valence electrons. The van der Waals surface area contributed by atoms with Crippen molar-refractivity contribution in [3.8, 4) is 0 Å². The van der Waals surface area contributed by atoms with Crippen LogP contribution >= 0.6 is 11.6 Å². The average molecular weight is 301 g/mol. The number of rotatable bonds is 3. The lowest BCUT2D eigenvalue weighted by molar-refractivity contribution is 0.427. The maximum absolute atomic E-state index is 6.45. The number of aromatic nitrogens is 2. The van der Waals surface area contributed by atoms with Crippen molar-refractivity contribution in [2.75, 3.05) is 0 Å². The second-order valence-corrected chi connectivity index (χ2v) is 6.29. The summed E-state index contributed by atoms with van der Waals surface area (Å²) in [6.07, 6.45) is 7.13. The van der Waals surface area contributed by atoms with Gasteiger partial charge in [-0.25, -0.2) is 9.97 Å². The Hall–Kier alpha value is -1.41. The molecule has 1 aromatic heterocycles. The van der Waals surface area contributed by atoms with Gasteiger partial charge >= 0.3 is 0 Å². The SMILES string of the molecule is Cc1nc(C2CCCCC2)nc(Cl)c1Cc1ccccc1. The van der Waals surface area contributed by atoms with Crippen molar-refractivity contribution in [1.29, 1.82) is 0 Å². The molecule has 3 heteroatoms. The highest BCUT2D eigenvalue weighted by molar-refractivity contribution is 6.30. The minimum absolute atomic E-state index is 0.501. The maximum Gasteiger partial charge on any atom is 0.136 e. The molecule has 0 unspecified atom stereocenters. The number of nitrogens with zero attached hydrogens (tertiary/aromatic N) is 2. The molecule has 1 fully saturated rings. The zero-order valence-electron chi connectivity index (χ0n) is 12.5. The van der Waals surface area contributed by atoms with Crippen molar-refractivity contribution in [3.63, 3.8) is 0 Å². The van der Waals surface area contributed by atoms with Crippen LogP contribution in [0.2, 0.25) is 5.15 Å². The molecular formula is C18H21ClN2. The Kier molecular flexibility index (Phi) is 4.54. The Bertz CT molecular complexity index is 581. The van der Waals surface area contributed by atoms with Gasteiger partial charge in [-0.2, -0.15) is 0 Å². The third-order valence-corrected chi connectivity index (χ3v) is 4.69. The van der Waals surface area contributed by atoms with E-state index in [1.165, 1.54) is 37.7 Å². The van der Waals surface area contributed by atoms with Crippen molar-refractivity contribution in [1.82, 2.24) is 9.97 Å². The van der Waals surface area contributed by atoms with Crippen LogP contribution in [0, 0.1) is 6.92 Å². The van der Waals surface area contributed by atoms with Gasteiger partial charge in [-0.1, -0.05) is 61.2 Å². The zero-order chi connectivity index (χ0) is 14.7. The van der Waals surface area contributed by atoms with Crippen LogP contribution in [-0.2, 0) is 6.42 Å². The number of aryl methyl sites for hydroxylation is 1. The van der Waals surface area contributed by atoms with Crippen LogP contribution in [0.5, 0.6) is 0 Å². The molecule has 0 spiro atoms. The Labute approximate surface area is 131 Å². The fourth-order valence-corrected chi connectivity index (χ4v) is 3.42. The van der Waals surface area contributed by atoms with Crippen LogP contribution in [0.25, 0.3) is 0 Å². The maximum atomic E-state index is 6.45. The van der Waals surface area contributed by atoms with Gasteiger partial charge in [0.15, 0.2) is 0 Å². The van der Waals surface area contributed by atoms with Gasteiger partial charge in [-0.15, -0.1) is 0 Å². The lowest BCUT2D eigenvalue weighted by Crippen LogP contribution is -2.11. The van der Waals surface area contributed by atoms with E-state index in [0.29, 0.717) is 11.1 Å². The topological polar surface area (TPSA) is 25.8 Å². The first kappa shape index (κ1) is 14.5. The predicted octanol–water partition coefficient (Wildman–Crippen LogP) is 5.08. The Morgan fingerprint density at radius 2 is 1.76 bits per heavy atom. The summed E-state index contributed by atoms with van der Waals surface area (Å²) in [5.41, 5.74) is 3.33. The third kappa shape index (κ3) is 3.44. The van der Waals surface area contributed by atoms with E-state index in [4.69, 9.17) is 16.6 Å². The number of hydrogen-bond acceptors (Lipinski definition) is 2. The van der Waals surface area contributed by atoms with Crippen LogP contribution < -0.4 is 0 Å². The molecule has 2 nitrogen and oxygen atoms in total. The quantitative estimate of drug-likeness (QED) is 0.739. The van der Waals surface area contributed by atoms with E-state index in [-0.39, 0.29) is 0 Å². The van der Waals surface area contributed by atoms with Gasteiger partial charge in [-0.3, -0.25) is 0 Å². The average Bonchev–Trinajstić information content (AvgIpc) is 2.52. The highest BCUT2D eigenvalue weighted by Crippen LogP contribution is 2.32. The van der Waals surface area contributed by atoms with E-state index in [2.05, 4.69) is 36.2 Å². The summed E-state index contributed by atoms with van der Waals surface area (Å²) in [4.78, 5) is 9.37. The van der Waals surface area contributed by atoms with E-state index >= 15 is 0 Å². The Morgan fingerprint density at radius 3 is 2.43 bits per heavy atom. The van der Waals surface area contributed by atoms with Crippen molar-refractivity contribution in [2.24, 2.45) is 0 Å². The molecule has 1 aliphatic rings. The number of halogens is 1. The van der Waals surface area contributed by atoms with Crippen LogP contribution in [0.4, 0.5) is 0 Å². The fraction of sp³-hybridized carbons (Fsp3) is 0.444. The summed E-state index contributed by atoms with van der Waals surface area (Å²) in [6.45, 7) is 2.05. The number of hydrogen-bond donors (Lipinski definition) is 0. The Morgan fingerprint density at radius 1 is 1.05 bits per heavy atom. The lowest BCUT2D eigenvalue weighted by atomic mass is 9.88. The molecule has 0 radical (unpaired) electrons. The van der Waals surface area contributed by atoms with Gasteiger partial charge in [-0.05, 0) is 25.3 Å². The van der Waals surface area contributed by atoms with E-state index in [9.17, 15) is 0 Å². The molecule has 0 N–H and O–H groups in total. The van der Waals surface area contributed by atoms with Crippen molar-refractivity contribution in [2.45, 2.75) is 51.4 Å². The minimum Gasteiger partial charge on any atom is -0.238 e. The van der Waals surface area contributed by atoms with Gasteiger partial charge < -0.3 is 0 Å². The van der Waals surface area contributed by atoms with E-state index in [1.54, 1.807) is 0 Å². The first-order chi connectivity index (χ1) is 10.2. The van der Waals surface area contributed by atoms with Gasteiger partial charge in [0.1, 0.15) is 11.0 Å². The van der Waals surface area contributed by atoms with Gasteiger partial charge in [0.25, 0.3) is 0 Å². The molecule has 0 bridgehead atoms. The minimum atomic E-state index is 0.501. The summed E-state index contributed by atoms with van der Waals surface area (Å²) < 4.78 is 0. The van der Waals surface area contributed by atoms with Gasteiger partial charge in [0.05, 0.1) is 0 Å². The van der Waals surface area contributed by atoms with E-state index < -0.39 is 0 Å². The van der Waals surface area contributed by atoms with Crippen molar-refractivity contribution in [3.05, 3.63) is 58.1 Å². The third-order valence-electron chi connectivity index (χ3n) is 4.37. The van der Waals surface area contributed by atoms with Gasteiger partial charge in [0, 0.05) is 23.6 Å². The summed E-state index contributed by atoms with van der Waals surface area (Å²) in [5, 5.41) is 0.631. The molecule has 3 rings (SSSR count).